The molecule has 0 unspecified atom stereocenters. The standard InChI is InChI=1S/C8H12N2O4/c1-5(2)14-4-3-10-7(12)6(11)9-8(10)13/h5H,3-4H2,1-2H3,(H,9,11,13). The molecule has 1 saturated heterocycles. The lowest BCUT2D eigenvalue weighted by atomic mass is 10.4. The molecule has 0 atom stereocenters. The Morgan fingerprint density at radius 2 is 2.00 bits per heavy atom. The fraction of sp³-hybridized carbons (Fsp3) is 0.625. The van der Waals surface area contributed by atoms with Crippen LogP contribution in [0.1, 0.15) is 13.8 Å². The van der Waals surface area contributed by atoms with Crippen LogP contribution in [-0.4, -0.2) is 42.0 Å². The fourth-order valence-electron chi connectivity index (χ4n) is 1.02. The summed E-state index contributed by atoms with van der Waals surface area (Å²) < 4.78 is 5.15. The maximum absolute atomic E-state index is 11.0. The smallest absolute Gasteiger partial charge is 0.331 e. The number of nitrogens with zero attached hydrogens (tertiary/aromatic N) is 1. The van der Waals surface area contributed by atoms with E-state index in [1.165, 1.54) is 0 Å². The van der Waals surface area contributed by atoms with Gasteiger partial charge in [-0.05, 0) is 13.8 Å². The third-order valence-corrected chi connectivity index (χ3v) is 1.67. The number of carbonyl (C=O) groups excluding carboxylic acids is 3. The van der Waals surface area contributed by atoms with Gasteiger partial charge in [0.05, 0.1) is 19.3 Å². The second-order valence-corrected chi connectivity index (χ2v) is 3.14. The van der Waals surface area contributed by atoms with Gasteiger partial charge in [-0.1, -0.05) is 0 Å². The average molecular weight is 200 g/mol. The normalized spacial score (nSPS) is 16.8. The Labute approximate surface area is 81.2 Å². The molecule has 1 fully saturated rings. The highest BCUT2D eigenvalue weighted by atomic mass is 16.5. The summed E-state index contributed by atoms with van der Waals surface area (Å²) in [5.41, 5.74) is 0. The van der Waals surface area contributed by atoms with Crippen LogP contribution in [0.3, 0.4) is 0 Å². The lowest BCUT2D eigenvalue weighted by molar-refractivity contribution is -0.140. The number of amides is 4. The van der Waals surface area contributed by atoms with E-state index in [2.05, 4.69) is 0 Å². The molecule has 0 aromatic rings. The van der Waals surface area contributed by atoms with Crippen molar-refractivity contribution in [2.75, 3.05) is 13.2 Å². The van der Waals surface area contributed by atoms with Crippen LogP contribution in [0.4, 0.5) is 4.79 Å². The lowest BCUT2D eigenvalue weighted by Gasteiger charge is -2.12. The zero-order valence-corrected chi connectivity index (χ0v) is 8.07. The SMILES string of the molecule is CC(C)OCCN1C(=O)NC(=O)C1=O. The zero-order chi connectivity index (χ0) is 10.7. The third kappa shape index (κ3) is 2.29. The van der Waals surface area contributed by atoms with Gasteiger partial charge < -0.3 is 4.74 Å². The quantitative estimate of drug-likeness (QED) is 0.490. The Balaban J connectivity index is 2.41. The highest BCUT2D eigenvalue weighted by molar-refractivity contribution is 6.44. The minimum atomic E-state index is -0.875. The second-order valence-electron chi connectivity index (χ2n) is 3.14. The number of urea groups is 1. The molecule has 1 N–H and O–H groups in total. The molecule has 0 bridgehead atoms. The van der Waals surface area contributed by atoms with Gasteiger partial charge in [-0.25, -0.2) is 4.79 Å². The van der Waals surface area contributed by atoms with Gasteiger partial charge >= 0.3 is 17.8 Å². The van der Waals surface area contributed by atoms with E-state index in [0.717, 1.165) is 4.90 Å². The summed E-state index contributed by atoms with van der Waals surface area (Å²) in [5.74, 6) is -1.69. The first-order chi connectivity index (χ1) is 6.52. The summed E-state index contributed by atoms with van der Waals surface area (Å²) in [6.45, 7) is 4.03. The van der Waals surface area contributed by atoms with Crippen molar-refractivity contribution < 1.29 is 19.1 Å². The Kier molecular flexibility index (Phi) is 3.19. The van der Waals surface area contributed by atoms with E-state index in [4.69, 9.17) is 4.74 Å². The van der Waals surface area contributed by atoms with Gasteiger partial charge in [0.1, 0.15) is 0 Å². The molecule has 78 valence electrons. The third-order valence-electron chi connectivity index (χ3n) is 1.67. The number of nitrogens with one attached hydrogen (secondary N) is 1. The maximum Gasteiger partial charge on any atom is 0.331 e. The zero-order valence-electron chi connectivity index (χ0n) is 8.07. The summed E-state index contributed by atoms with van der Waals surface area (Å²) in [6.07, 6.45) is 0.0338. The maximum atomic E-state index is 11.0. The Morgan fingerprint density at radius 3 is 2.43 bits per heavy atom. The minimum Gasteiger partial charge on any atom is -0.377 e. The van der Waals surface area contributed by atoms with Crippen molar-refractivity contribution in [1.29, 1.82) is 0 Å². The predicted octanol–water partition coefficient (Wildman–Crippen LogP) is -0.510. The molecule has 1 aliphatic heterocycles. The molecule has 14 heavy (non-hydrogen) atoms. The van der Waals surface area contributed by atoms with Crippen molar-refractivity contribution in [3.63, 3.8) is 0 Å². The highest BCUT2D eigenvalue weighted by Gasteiger charge is 2.36. The Hall–Kier alpha value is -1.43. The first-order valence-electron chi connectivity index (χ1n) is 4.30. The summed E-state index contributed by atoms with van der Waals surface area (Å²) in [4.78, 5) is 33.6. The van der Waals surface area contributed by atoms with Gasteiger partial charge in [-0.15, -0.1) is 0 Å². The van der Waals surface area contributed by atoms with Crippen LogP contribution in [0.5, 0.6) is 0 Å². The van der Waals surface area contributed by atoms with Crippen LogP contribution in [0, 0.1) is 0 Å². The van der Waals surface area contributed by atoms with Gasteiger partial charge in [-0.3, -0.25) is 19.8 Å². The van der Waals surface area contributed by atoms with E-state index in [9.17, 15) is 14.4 Å². The van der Waals surface area contributed by atoms with E-state index in [1.807, 2.05) is 19.2 Å². The van der Waals surface area contributed by atoms with Gasteiger partial charge in [0.2, 0.25) is 0 Å². The Bertz CT molecular complexity index is 275. The predicted molar refractivity (Wildman–Crippen MR) is 46.3 cm³/mol. The van der Waals surface area contributed by atoms with Gasteiger partial charge in [0, 0.05) is 0 Å². The van der Waals surface area contributed by atoms with Crippen LogP contribution in [0.2, 0.25) is 0 Å². The first-order valence-corrected chi connectivity index (χ1v) is 4.30. The Morgan fingerprint density at radius 1 is 1.36 bits per heavy atom. The molecule has 6 heteroatoms. The number of rotatable bonds is 4. The van der Waals surface area contributed by atoms with E-state index < -0.39 is 17.8 Å². The highest BCUT2D eigenvalue weighted by Crippen LogP contribution is 2.00. The minimum absolute atomic E-state index is 0.0338. The molecule has 1 aliphatic rings. The van der Waals surface area contributed by atoms with Gasteiger partial charge in [0.25, 0.3) is 0 Å². The molecular weight excluding hydrogens is 188 g/mol. The van der Waals surface area contributed by atoms with Crippen LogP contribution in [-0.2, 0) is 14.3 Å². The summed E-state index contributed by atoms with van der Waals surface area (Å²) in [6, 6.07) is -0.674. The monoisotopic (exact) mass is 200 g/mol. The topological polar surface area (TPSA) is 75.7 Å². The van der Waals surface area contributed by atoms with Crippen molar-refractivity contribution >= 4 is 17.8 Å². The molecule has 1 rings (SSSR count). The van der Waals surface area contributed by atoms with Crippen LogP contribution < -0.4 is 5.32 Å². The van der Waals surface area contributed by atoms with E-state index in [-0.39, 0.29) is 19.3 Å². The first kappa shape index (κ1) is 10.6. The summed E-state index contributed by atoms with van der Waals surface area (Å²) in [5, 5.41) is 1.90. The second kappa shape index (κ2) is 4.19. The van der Waals surface area contributed by atoms with Crippen LogP contribution in [0.25, 0.3) is 0 Å². The summed E-state index contributed by atoms with van der Waals surface area (Å²) in [7, 11) is 0. The molecule has 6 nitrogen and oxygen atoms in total. The van der Waals surface area contributed by atoms with Crippen LogP contribution >= 0.6 is 0 Å². The number of hydrogen-bond acceptors (Lipinski definition) is 4. The molecule has 4 amide bonds. The van der Waals surface area contributed by atoms with Crippen molar-refractivity contribution in [3.05, 3.63) is 0 Å². The van der Waals surface area contributed by atoms with Crippen molar-refractivity contribution in [3.8, 4) is 0 Å². The van der Waals surface area contributed by atoms with Crippen molar-refractivity contribution in [2.45, 2.75) is 20.0 Å². The number of imide groups is 2. The molecule has 0 spiro atoms. The molecular formula is C8H12N2O4. The van der Waals surface area contributed by atoms with Gasteiger partial charge in [0.15, 0.2) is 0 Å². The number of ether oxygens (including phenoxy) is 1. The average Bonchev–Trinajstić information content (AvgIpc) is 2.31. The number of carbonyl (C=O) groups is 3. The fourth-order valence-corrected chi connectivity index (χ4v) is 1.02. The molecule has 0 aromatic heterocycles. The summed E-state index contributed by atoms with van der Waals surface area (Å²) >= 11 is 0. The molecule has 0 saturated carbocycles. The molecule has 0 aromatic carbocycles. The largest absolute Gasteiger partial charge is 0.377 e. The molecule has 1 heterocycles. The molecule has 0 aliphatic carbocycles. The van der Waals surface area contributed by atoms with E-state index in [1.54, 1.807) is 0 Å². The van der Waals surface area contributed by atoms with Crippen LogP contribution in [0.15, 0.2) is 0 Å². The van der Waals surface area contributed by atoms with Gasteiger partial charge in [-0.2, -0.15) is 0 Å². The van der Waals surface area contributed by atoms with E-state index in [0.29, 0.717) is 0 Å². The van der Waals surface area contributed by atoms with E-state index >= 15 is 0 Å². The number of hydrogen-bond donors (Lipinski definition) is 1. The van der Waals surface area contributed by atoms with Crippen molar-refractivity contribution in [2.24, 2.45) is 0 Å². The molecule has 0 radical (unpaired) electrons. The lowest BCUT2D eigenvalue weighted by Crippen LogP contribution is -2.34. The van der Waals surface area contributed by atoms with Crippen molar-refractivity contribution in [1.82, 2.24) is 10.2 Å².